The summed E-state index contributed by atoms with van der Waals surface area (Å²) < 4.78 is 34.3. The normalized spacial score (nSPS) is 14.3. The van der Waals surface area contributed by atoms with Gasteiger partial charge in [0.1, 0.15) is 5.82 Å². The second kappa shape index (κ2) is 2.67. The maximum absolute atomic E-state index is 12.9. The third-order valence-electron chi connectivity index (χ3n) is 0.730. The molecule has 0 unspecified atom stereocenters. The molecular formula is C6H3BrClF. The zero-order valence-electron chi connectivity index (χ0n) is 7.13. The van der Waals surface area contributed by atoms with Gasteiger partial charge in [-0.1, -0.05) is 17.6 Å². The van der Waals surface area contributed by atoms with Crippen molar-refractivity contribution in [1.29, 1.82) is 0 Å². The highest BCUT2D eigenvalue weighted by Crippen LogP contribution is 2.23. The summed E-state index contributed by atoms with van der Waals surface area (Å²) in [4.78, 5) is 0. The summed E-state index contributed by atoms with van der Waals surface area (Å²) in [5, 5.41) is -0.319. The van der Waals surface area contributed by atoms with Crippen molar-refractivity contribution >= 4 is 27.5 Å². The first kappa shape index (κ1) is 3.94. The Balaban J connectivity index is 3.60. The molecular weight excluding hydrogens is 206 g/mol. The number of hydrogen-bond acceptors (Lipinski definition) is 0. The van der Waals surface area contributed by atoms with Crippen LogP contribution in [-0.2, 0) is 0 Å². The smallest absolute Gasteiger partial charge is 0.142 e. The van der Waals surface area contributed by atoms with E-state index in [9.17, 15) is 4.39 Å². The summed E-state index contributed by atoms with van der Waals surface area (Å²) >= 11 is 8.27. The van der Waals surface area contributed by atoms with Gasteiger partial charge in [-0.05, 0) is 28.0 Å². The van der Waals surface area contributed by atoms with Crippen molar-refractivity contribution in [2.45, 2.75) is 0 Å². The molecule has 0 spiro atoms. The van der Waals surface area contributed by atoms with Crippen molar-refractivity contribution < 1.29 is 8.50 Å². The fourth-order valence-electron chi connectivity index (χ4n) is 0.347. The van der Waals surface area contributed by atoms with Gasteiger partial charge in [0, 0.05) is 4.47 Å². The first-order valence-electron chi connectivity index (χ1n) is 3.57. The lowest BCUT2D eigenvalue weighted by atomic mass is 10.3. The Hall–Kier alpha value is -0.0800. The molecule has 0 nitrogen and oxygen atoms in total. The minimum absolute atomic E-state index is 0.0164. The molecule has 0 aliphatic heterocycles. The molecule has 0 atom stereocenters. The Morgan fingerprint density at radius 3 is 3.00 bits per heavy atom. The van der Waals surface area contributed by atoms with E-state index in [2.05, 4.69) is 15.9 Å². The van der Waals surface area contributed by atoms with Gasteiger partial charge in [0.2, 0.25) is 0 Å². The topological polar surface area (TPSA) is 0 Å². The van der Waals surface area contributed by atoms with E-state index in [1.54, 1.807) is 0 Å². The first-order chi connectivity index (χ1) is 5.46. The minimum atomic E-state index is -0.968. The van der Waals surface area contributed by atoms with Gasteiger partial charge in [0.15, 0.2) is 0 Å². The van der Waals surface area contributed by atoms with E-state index in [0.717, 1.165) is 0 Å². The molecule has 3 heteroatoms. The zero-order valence-corrected chi connectivity index (χ0v) is 6.48. The molecule has 0 saturated heterocycles. The van der Waals surface area contributed by atoms with Crippen LogP contribution < -0.4 is 0 Å². The fourth-order valence-corrected chi connectivity index (χ4v) is 0.715. The quantitative estimate of drug-likeness (QED) is 0.579. The van der Waals surface area contributed by atoms with Crippen LogP contribution in [0.1, 0.15) is 4.11 Å². The lowest BCUT2D eigenvalue weighted by Crippen LogP contribution is -1.74. The Morgan fingerprint density at radius 2 is 2.33 bits per heavy atom. The van der Waals surface area contributed by atoms with Crippen molar-refractivity contribution in [2.24, 2.45) is 0 Å². The van der Waals surface area contributed by atoms with E-state index < -0.39 is 17.9 Å². The fraction of sp³-hybridized carbons (Fsp3) is 0. The molecule has 1 aromatic rings. The highest BCUT2D eigenvalue weighted by atomic mass is 79.9. The molecule has 0 aliphatic carbocycles. The zero-order chi connectivity index (χ0) is 9.46. The number of hydrogen-bond donors (Lipinski definition) is 0. The maximum Gasteiger partial charge on any atom is 0.142 e. The van der Waals surface area contributed by atoms with E-state index in [4.69, 9.17) is 15.7 Å². The van der Waals surface area contributed by atoms with E-state index >= 15 is 0 Å². The summed E-state index contributed by atoms with van der Waals surface area (Å²) in [7, 11) is 0. The Kier molecular flexibility index (Phi) is 1.17. The molecule has 0 radical (unpaired) electrons. The van der Waals surface area contributed by atoms with Gasteiger partial charge in [-0.25, -0.2) is 4.39 Å². The number of rotatable bonds is 0. The van der Waals surface area contributed by atoms with E-state index in [1.165, 1.54) is 0 Å². The van der Waals surface area contributed by atoms with Gasteiger partial charge >= 0.3 is 0 Å². The SMILES string of the molecule is [2H]c1c([2H])c(F)c(Cl)c(Br)c1[2H]. The Labute approximate surface area is 70.0 Å². The minimum Gasteiger partial charge on any atom is -0.205 e. The molecule has 0 aliphatic rings. The van der Waals surface area contributed by atoms with Gasteiger partial charge in [0.25, 0.3) is 0 Å². The van der Waals surface area contributed by atoms with Crippen LogP contribution in [0, 0.1) is 5.82 Å². The number of halogens is 3. The van der Waals surface area contributed by atoms with E-state index in [-0.39, 0.29) is 15.5 Å². The van der Waals surface area contributed by atoms with Crippen LogP contribution >= 0.6 is 27.5 Å². The standard InChI is InChI=1S/C6H3BrClF/c7-4-2-1-3-5(9)6(4)8/h1-3H/i1D,2D,3D. The summed E-state index contributed by atoms with van der Waals surface area (Å²) in [6.45, 7) is 0. The average Bonchev–Trinajstić information content (AvgIpc) is 2.08. The molecule has 9 heavy (non-hydrogen) atoms. The van der Waals surface area contributed by atoms with Gasteiger partial charge in [-0.3, -0.25) is 0 Å². The first-order valence-corrected chi connectivity index (χ1v) is 3.24. The highest BCUT2D eigenvalue weighted by Gasteiger charge is 2.00. The molecule has 0 N–H and O–H groups in total. The predicted molar refractivity (Wildman–Crippen MR) is 39.1 cm³/mol. The van der Waals surface area contributed by atoms with Crippen molar-refractivity contribution in [3.63, 3.8) is 0 Å². The van der Waals surface area contributed by atoms with Gasteiger partial charge in [-0.15, -0.1) is 0 Å². The van der Waals surface area contributed by atoms with Crippen molar-refractivity contribution in [3.05, 3.63) is 33.4 Å². The monoisotopic (exact) mass is 211 g/mol. The summed E-state index contributed by atoms with van der Waals surface area (Å²) in [5.74, 6) is -0.968. The molecule has 1 aromatic carbocycles. The van der Waals surface area contributed by atoms with Crippen LogP contribution in [0.25, 0.3) is 0 Å². The van der Waals surface area contributed by atoms with Gasteiger partial charge in [0.05, 0.1) is 9.13 Å². The summed E-state index contributed by atoms with van der Waals surface area (Å²) in [6.07, 6.45) is 0. The van der Waals surface area contributed by atoms with E-state index in [0.29, 0.717) is 0 Å². The second-order valence-corrected chi connectivity index (χ2v) is 2.49. The van der Waals surface area contributed by atoms with Crippen LogP contribution in [0.4, 0.5) is 4.39 Å². The molecule has 0 bridgehead atoms. The highest BCUT2D eigenvalue weighted by molar-refractivity contribution is 9.10. The molecule has 0 fully saturated rings. The average molecular weight is 212 g/mol. The van der Waals surface area contributed by atoms with Crippen LogP contribution in [0.2, 0.25) is 5.02 Å². The summed E-state index contributed by atoms with van der Waals surface area (Å²) in [5.41, 5.74) is 0. The molecule has 1 rings (SSSR count). The largest absolute Gasteiger partial charge is 0.205 e. The van der Waals surface area contributed by atoms with Crippen LogP contribution in [0.3, 0.4) is 0 Å². The second-order valence-electron chi connectivity index (χ2n) is 1.32. The van der Waals surface area contributed by atoms with Crippen LogP contribution in [-0.4, -0.2) is 0 Å². The van der Waals surface area contributed by atoms with Crippen LogP contribution in [0.5, 0.6) is 0 Å². The number of benzene rings is 1. The third kappa shape index (κ3) is 1.43. The van der Waals surface area contributed by atoms with Crippen molar-refractivity contribution in [2.75, 3.05) is 0 Å². The van der Waals surface area contributed by atoms with Gasteiger partial charge in [-0.2, -0.15) is 0 Å². The molecule has 48 valence electrons. The Morgan fingerprint density at radius 1 is 1.67 bits per heavy atom. The lowest BCUT2D eigenvalue weighted by molar-refractivity contribution is 0.627. The molecule has 0 saturated carbocycles. The van der Waals surface area contributed by atoms with Crippen molar-refractivity contribution in [3.8, 4) is 0 Å². The third-order valence-corrected chi connectivity index (χ3v) is 1.91. The Bertz CT molecular complexity index is 237. The lowest BCUT2D eigenvalue weighted by Gasteiger charge is -1.93. The molecule has 0 heterocycles. The van der Waals surface area contributed by atoms with E-state index in [1.807, 2.05) is 0 Å². The summed E-state index contributed by atoms with van der Waals surface area (Å²) in [6, 6.07) is -1.39. The van der Waals surface area contributed by atoms with Crippen molar-refractivity contribution in [1.82, 2.24) is 0 Å². The maximum atomic E-state index is 12.9. The molecule has 0 aromatic heterocycles. The molecule has 0 amide bonds. The van der Waals surface area contributed by atoms with Gasteiger partial charge < -0.3 is 0 Å². The predicted octanol–water partition coefficient (Wildman–Crippen LogP) is 3.24. The van der Waals surface area contributed by atoms with Crippen LogP contribution in [0.15, 0.2) is 22.6 Å².